The van der Waals surface area contributed by atoms with E-state index in [2.05, 4.69) is 29.5 Å². The molecule has 2 N–H and O–H groups in total. The van der Waals surface area contributed by atoms with Crippen molar-refractivity contribution in [2.75, 3.05) is 12.4 Å². The van der Waals surface area contributed by atoms with Crippen molar-refractivity contribution < 1.29 is 4.79 Å². The van der Waals surface area contributed by atoms with Gasteiger partial charge in [0.15, 0.2) is 0 Å². The Labute approximate surface area is 108 Å². The van der Waals surface area contributed by atoms with Crippen LogP contribution in [0.1, 0.15) is 43.5 Å². The Bertz CT molecular complexity index is 425. The molecule has 1 unspecified atom stereocenters. The predicted octanol–water partition coefficient (Wildman–Crippen LogP) is 2.43. The van der Waals surface area contributed by atoms with Gasteiger partial charge in [-0.05, 0) is 36.8 Å². The van der Waals surface area contributed by atoms with Gasteiger partial charge in [0.05, 0.1) is 5.56 Å². The van der Waals surface area contributed by atoms with E-state index in [0.29, 0.717) is 17.0 Å². The van der Waals surface area contributed by atoms with Crippen molar-refractivity contribution in [2.24, 2.45) is 5.41 Å². The average Bonchev–Trinajstić information content (AvgIpc) is 2.68. The molecule has 1 aromatic heterocycles. The molecule has 1 aliphatic rings. The lowest BCUT2D eigenvalue weighted by molar-refractivity contribution is 0.0935. The van der Waals surface area contributed by atoms with E-state index >= 15 is 0 Å². The Kier molecular flexibility index (Phi) is 3.55. The normalized spacial score (nSPS) is 21.6. The van der Waals surface area contributed by atoms with Gasteiger partial charge in [-0.15, -0.1) is 0 Å². The van der Waals surface area contributed by atoms with Gasteiger partial charge in [-0.3, -0.25) is 4.79 Å². The molecule has 1 aromatic rings. The molecule has 0 radical (unpaired) electrons. The maximum absolute atomic E-state index is 12.0. The third kappa shape index (κ3) is 3.00. The van der Waals surface area contributed by atoms with Crippen LogP contribution in [0.25, 0.3) is 0 Å². The number of hydrogen-bond acceptors (Lipinski definition) is 3. The number of amides is 1. The Hall–Kier alpha value is -1.58. The molecule has 1 atom stereocenters. The lowest BCUT2D eigenvalue weighted by Gasteiger charge is -2.17. The minimum absolute atomic E-state index is 0.0205. The van der Waals surface area contributed by atoms with Gasteiger partial charge in [0.1, 0.15) is 5.82 Å². The molecule has 0 aromatic carbocycles. The maximum Gasteiger partial charge on any atom is 0.253 e. The zero-order valence-corrected chi connectivity index (χ0v) is 11.3. The zero-order valence-electron chi connectivity index (χ0n) is 11.3. The van der Waals surface area contributed by atoms with Crippen LogP contribution in [-0.2, 0) is 0 Å². The van der Waals surface area contributed by atoms with E-state index < -0.39 is 0 Å². The smallest absolute Gasteiger partial charge is 0.253 e. The third-order valence-corrected chi connectivity index (χ3v) is 3.59. The summed E-state index contributed by atoms with van der Waals surface area (Å²) in [4.78, 5) is 16.2. The largest absolute Gasteiger partial charge is 0.373 e. The van der Waals surface area contributed by atoms with E-state index in [4.69, 9.17) is 0 Å². The predicted molar refractivity (Wildman–Crippen MR) is 72.7 cm³/mol. The number of nitrogens with zero attached hydrogens (tertiary/aromatic N) is 1. The van der Waals surface area contributed by atoms with Gasteiger partial charge in [-0.25, -0.2) is 4.98 Å². The second-order valence-electron chi connectivity index (χ2n) is 5.76. The fourth-order valence-electron chi connectivity index (χ4n) is 2.50. The van der Waals surface area contributed by atoms with Crippen molar-refractivity contribution in [1.29, 1.82) is 0 Å². The molecule has 0 bridgehead atoms. The van der Waals surface area contributed by atoms with Gasteiger partial charge in [-0.1, -0.05) is 13.8 Å². The number of hydrogen-bond donors (Lipinski definition) is 2. The highest BCUT2D eigenvalue weighted by Crippen LogP contribution is 2.36. The summed E-state index contributed by atoms with van der Waals surface area (Å²) >= 11 is 0. The van der Waals surface area contributed by atoms with Crippen molar-refractivity contribution in [3.63, 3.8) is 0 Å². The topological polar surface area (TPSA) is 54.0 Å². The highest BCUT2D eigenvalue weighted by Gasteiger charge is 2.31. The first-order chi connectivity index (χ1) is 8.50. The molecule has 18 heavy (non-hydrogen) atoms. The fraction of sp³-hybridized carbons (Fsp3) is 0.571. The van der Waals surface area contributed by atoms with E-state index in [1.807, 2.05) is 13.1 Å². The molecule has 1 amide bonds. The van der Waals surface area contributed by atoms with Gasteiger partial charge < -0.3 is 10.6 Å². The van der Waals surface area contributed by atoms with Crippen LogP contribution in [0.4, 0.5) is 5.82 Å². The van der Waals surface area contributed by atoms with Crippen LogP contribution >= 0.6 is 0 Å². The molecule has 2 rings (SSSR count). The summed E-state index contributed by atoms with van der Waals surface area (Å²) in [6, 6.07) is 3.92. The molecular formula is C14H21N3O. The monoisotopic (exact) mass is 247 g/mol. The lowest BCUT2D eigenvalue weighted by atomic mass is 9.92. The van der Waals surface area contributed by atoms with Gasteiger partial charge in [0.25, 0.3) is 5.91 Å². The molecule has 1 saturated carbocycles. The van der Waals surface area contributed by atoms with Crippen molar-refractivity contribution in [2.45, 2.75) is 39.2 Å². The Morgan fingerprint density at radius 2 is 2.22 bits per heavy atom. The maximum atomic E-state index is 12.0. The van der Waals surface area contributed by atoms with Crippen molar-refractivity contribution in [3.8, 4) is 0 Å². The van der Waals surface area contributed by atoms with Crippen LogP contribution < -0.4 is 10.6 Å². The second kappa shape index (κ2) is 4.96. The summed E-state index contributed by atoms with van der Waals surface area (Å²) in [5, 5.41) is 6.02. The minimum Gasteiger partial charge on any atom is -0.373 e. The summed E-state index contributed by atoms with van der Waals surface area (Å²) in [6.07, 6.45) is 4.91. The fourth-order valence-corrected chi connectivity index (χ4v) is 2.50. The molecule has 0 spiro atoms. The summed E-state index contributed by atoms with van der Waals surface area (Å²) in [5.41, 5.74) is 0.977. The van der Waals surface area contributed by atoms with Crippen molar-refractivity contribution in [3.05, 3.63) is 23.9 Å². The molecule has 4 nitrogen and oxygen atoms in total. The SMILES string of the molecule is CNc1ccc(C(=O)NC2CCC(C)(C)C2)cn1. The van der Waals surface area contributed by atoms with Crippen LogP contribution in [0.3, 0.4) is 0 Å². The van der Waals surface area contributed by atoms with E-state index in [1.165, 1.54) is 6.42 Å². The van der Waals surface area contributed by atoms with Crippen LogP contribution in [0.2, 0.25) is 0 Å². The second-order valence-corrected chi connectivity index (χ2v) is 5.76. The number of rotatable bonds is 3. The number of carbonyl (C=O) groups excluding carboxylic acids is 1. The Morgan fingerprint density at radius 1 is 1.44 bits per heavy atom. The molecule has 0 aliphatic heterocycles. The van der Waals surface area contributed by atoms with Gasteiger partial charge in [0.2, 0.25) is 0 Å². The Balaban J connectivity index is 1.95. The highest BCUT2D eigenvalue weighted by atomic mass is 16.1. The molecule has 1 heterocycles. The van der Waals surface area contributed by atoms with Gasteiger partial charge >= 0.3 is 0 Å². The first kappa shape index (κ1) is 12.9. The van der Waals surface area contributed by atoms with Gasteiger partial charge in [0, 0.05) is 19.3 Å². The number of pyridine rings is 1. The molecule has 4 heteroatoms. The minimum atomic E-state index is -0.0205. The lowest BCUT2D eigenvalue weighted by Crippen LogP contribution is -2.33. The summed E-state index contributed by atoms with van der Waals surface area (Å²) in [5.74, 6) is 0.751. The molecule has 1 fully saturated rings. The molecule has 1 aliphatic carbocycles. The summed E-state index contributed by atoms with van der Waals surface area (Å²) in [6.45, 7) is 4.50. The van der Waals surface area contributed by atoms with Gasteiger partial charge in [-0.2, -0.15) is 0 Å². The standard InChI is InChI=1S/C14H21N3O/c1-14(2)7-6-11(8-14)17-13(18)10-4-5-12(15-3)16-9-10/h4-5,9,11H,6-8H2,1-3H3,(H,15,16)(H,17,18). The first-order valence-corrected chi connectivity index (χ1v) is 6.45. The quantitative estimate of drug-likeness (QED) is 0.862. The van der Waals surface area contributed by atoms with Crippen LogP contribution in [0.5, 0.6) is 0 Å². The van der Waals surface area contributed by atoms with Crippen molar-refractivity contribution in [1.82, 2.24) is 10.3 Å². The highest BCUT2D eigenvalue weighted by molar-refractivity contribution is 5.94. The number of aromatic nitrogens is 1. The van der Waals surface area contributed by atoms with E-state index in [0.717, 1.165) is 18.7 Å². The Morgan fingerprint density at radius 3 is 2.72 bits per heavy atom. The first-order valence-electron chi connectivity index (χ1n) is 6.45. The van der Waals surface area contributed by atoms with E-state index in [1.54, 1.807) is 12.3 Å². The molecular weight excluding hydrogens is 226 g/mol. The van der Waals surface area contributed by atoms with E-state index in [-0.39, 0.29) is 5.91 Å². The van der Waals surface area contributed by atoms with Crippen LogP contribution in [-0.4, -0.2) is 24.0 Å². The van der Waals surface area contributed by atoms with E-state index in [9.17, 15) is 4.79 Å². The molecule has 98 valence electrons. The third-order valence-electron chi connectivity index (χ3n) is 3.59. The average molecular weight is 247 g/mol. The summed E-state index contributed by atoms with van der Waals surface area (Å²) < 4.78 is 0. The number of anilines is 1. The molecule has 0 saturated heterocycles. The zero-order chi connectivity index (χ0) is 13.2. The van der Waals surface area contributed by atoms with Crippen molar-refractivity contribution >= 4 is 11.7 Å². The number of carbonyl (C=O) groups is 1. The summed E-state index contributed by atoms with van der Waals surface area (Å²) in [7, 11) is 1.81. The van der Waals surface area contributed by atoms with Crippen LogP contribution in [0.15, 0.2) is 18.3 Å². The number of nitrogens with one attached hydrogen (secondary N) is 2. The van der Waals surface area contributed by atoms with Crippen LogP contribution in [0, 0.1) is 5.41 Å².